The van der Waals surface area contributed by atoms with Gasteiger partial charge >= 0.3 is 0 Å². The van der Waals surface area contributed by atoms with Crippen molar-refractivity contribution in [2.24, 2.45) is 5.41 Å². The van der Waals surface area contributed by atoms with Crippen LogP contribution in [0.3, 0.4) is 0 Å². The van der Waals surface area contributed by atoms with E-state index in [0.29, 0.717) is 17.5 Å². The zero-order valence-corrected chi connectivity index (χ0v) is 13.5. The normalized spacial score (nSPS) is 15.5. The molecule has 0 aliphatic carbocycles. The van der Waals surface area contributed by atoms with Crippen LogP contribution < -0.4 is 5.32 Å². The van der Waals surface area contributed by atoms with Crippen molar-refractivity contribution in [2.45, 2.75) is 72.4 Å². The number of aryl methyl sites for hydroxylation is 1. The third-order valence-electron chi connectivity index (χ3n) is 4.03. The van der Waals surface area contributed by atoms with Crippen molar-refractivity contribution in [2.75, 3.05) is 7.05 Å². The summed E-state index contributed by atoms with van der Waals surface area (Å²) in [6.45, 7) is 11.3. The lowest BCUT2D eigenvalue weighted by Gasteiger charge is -2.30. The van der Waals surface area contributed by atoms with Crippen molar-refractivity contribution in [1.82, 2.24) is 15.1 Å². The highest BCUT2D eigenvalue weighted by atomic mass is 15.3. The van der Waals surface area contributed by atoms with E-state index >= 15 is 0 Å². The van der Waals surface area contributed by atoms with Gasteiger partial charge in [0, 0.05) is 18.3 Å². The molecular formula is C16H31N3. The molecule has 1 heterocycles. The molecule has 1 N–H and O–H groups in total. The van der Waals surface area contributed by atoms with Gasteiger partial charge in [0.15, 0.2) is 0 Å². The van der Waals surface area contributed by atoms with E-state index in [0.717, 1.165) is 12.8 Å². The van der Waals surface area contributed by atoms with Crippen molar-refractivity contribution < 1.29 is 0 Å². The molecule has 110 valence electrons. The van der Waals surface area contributed by atoms with Crippen LogP contribution in [0.2, 0.25) is 0 Å². The molecule has 3 heteroatoms. The Bertz CT molecular complexity index is 362. The Morgan fingerprint density at radius 2 is 2.05 bits per heavy atom. The van der Waals surface area contributed by atoms with Gasteiger partial charge in [-0.3, -0.25) is 4.68 Å². The first-order valence-corrected chi connectivity index (χ1v) is 7.59. The molecular weight excluding hydrogens is 234 g/mol. The summed E-state index contributed by atoms with van der Waals surface area (Å²) in [4.78, 5) is 0. The number of hydrogen-bond donors (Lipinski definition) is 1. The highest BCUT2D eigenvalue weighted by molar-refractivity contribution is 5.00. The topological polar surface area (TPSA) is 29.9 Å². The van der Waals surface area contributed by atoms with Crippen molar-refractivity contribution in [3.8, 4) is 0 Å². The second kappa shape index (κ2) is 7.09. The molecule has 0 bridgehead atoms. The van der Waals surface area contributed by atoms with Crippen molar-refractivity contribution in [3.63, 3.8) is 0 Å². The van der Waals surface area contributed by atoms with Gasteiger partial charge in [-0.1, -0.05) is 27.7 Å². The molecule has 0 aromatic carbocycles. The summed E-state index contributed by atoms with van der Waals surface area (Å²) < 4.78 is 2.09. The molecule has 0 radical (unpaired) electrons. The molecule has 0 saturated heterocycles. The summed E-state index contributed by atoms with van der Waals surface area (Å²) in [5, 5.41) is 8.10. The van der Waals surface area contributed by atoms with Gasteiger partial charge in [0.25, 0.3) is 0 Å². The Morgan fingerprint density at radius 3 is 2.58 bits per heavy atom. The second-order valence-electron chi connectivity index (χ2n) is 6.64. The fraction of sp³-hybridized carbons (Fsp3) is 0.812. The van der Waals surface area contributed by atoms with Gasteiger partial charge < -0.3 is 5.32 Å². The second-order valence-corrected chi connectivity index (χ2v) is 6.64. The van der Waals surface area contributed by atoms with Crippen molar-refractivity contribution in [1.29, 1.82) is 0 Å². The standard InChI is InChI=1S/C16H31N3/c1-7-13(2)19-12-11-14(18-19)9-8-10-15(17-6)16(3,4)5/h11-13,15,17H,7-10H2,1-6H3. The predicted molar refractivity (Wildman–Crippen MR) is 82.5 cm³/mol. The zero-order valence-electron chi connectivity index (χ0n) is 13.5. The van der Waals surface area contributed by atoms with Gasteiger partial charge in [0.05, 0.1) is 5.69 Å². The van der Waals surface area contributed by atoms with E-state index in [1.54, 1.807) is 0 Å². The summed E-state index contributed by atoms with van der Waals surface area (Å²) in [6, 6.07) is 3.25. The largest absolute Gasteiger partial charge is 0.316 e. The van der Waals surface area contributed by atoms with Crippen LogP contribution in [0.5, 0.6) is 0 Å². The van der Waals surface area contributed by atoms with Crippen LogP contribution in [0.4, 0.5) is 0 Å². The average Bonchev–Trinajstić information content (AvgIpc) is 2.80. The van der Waals surface area contributed by atoms with E-state index in [4.69, 9.17) is 0 Å². The number of nitrogens with zero attached hydrogens (tertiary/aromatic N) is 2. The summed E-state index contributed by atoms with van der Waals surface area (Å²) in [5.74, 6) is 0. The Kier molecular flexibility index (Phi) is 6.05. The first-order valence-electron chi connectivity index (χ1n) is 7.59. The van der Waals surface area contributed by atoms with E-state index in [2.05, 4.69) is 69.0 Å². The van der Waals surface area contributed by atoms with Gasteiger partial charge in [0.1, 0.15) is 0 Å². The minimum Gasteiger partial charge on any atom is -0.316 e. The first-order chi connectivity index (χ1) is 8.88. The third-order valence-corrected chi connectivity index (χ3v) is 4.03. The summed E-state index contributed by atoms with van der Waals surface area (Å²) in [5.41, 5.74) is 1.55. The SMILES string of the molecule is CCC(C)n1ccc(CCCC(NC)C(C)(C)C)n1. The molecule has 3 nitrogen and oxygen atoms in total. The van der Waals surface area contributed by atoms with Crippen LogP contribution >= 0.6 is 0 Å². The summed E-state index contributed by atoms with van der Waals surface area (Å²) in [6.07, 6.45) is 6.73. The Morgan fingerprint density at radius 1 is 1.37 bits per heavy atom. The molecule has 1 aromatic rings. The van der Waals surface area contributed by atoms with Gasteiger partial charge in [-0.15, -0.1) is 0 Å². The maximum absolute atomic E-state index is 4.66. The van der Waals surface area contributed by atoms with Crippen molar-refractivity contribution >= 4 is 0 Å². The third kappa shape index (κ3) is 4.98. The molecule has 0 spiro atoms. The average molecular weight is 265 g/mol. The van der Waals surface area contributed by atoms with E-state index in [9.17, 15) is 0 Å². The smallest absolute Gasteiger partial charge is 0.0624 e. The van der Waals surface area contributed by atoms with Crippen LogP contribution in [0.1, 0.15) is 65.6 Å². The minimum absolute atomic E-state index is 0.324. The van der Waals surface area contributed by atoms with Crippen LogP contribution in [-0.2, 0) is 6.42 Å². The van der Waals surface area contributed by atoms with E-state index < -0.39 is 0 Å². The number of rotatable bonds is 7. The minimum atomic E-state index is 0.324. The quantitative estimate of drug-likeness (QED) is 0.812. The summed E-state index contributed by atoms with van der Waals surface area (Å²) >= 11 is 0. The number of aromatic nitrogens is 2. The fourth-order valence-corrected chi connectivity index (χ4v) is 2.44. The Balaban J connectivity index is 2.43. The van der Waals surface area contributed by atoms with Gasteiger partial charge in [-0.05, 0) is 51.1 Å². The number of nitrogens with one attached hydrogen (secondary N) is 1. The molecule has 0 amide bonds. The van der Waals surface area contributed by atoms with Gasteiger partial charge in [-0.2, -0.15) is 5.10 Å². The van der Waals surface area contributed by atoms with E-state index in [-0.39, 0.29) is 0 Å². The van der Waals surface area contributed by atoms with Crippen LogP contribution in [-0.4, -0.2) is 22.9 Å². The first kappa shape index (κ1) is 16.2. The lowest BCUT2D eigenvalue weighted by Crippen LogP contribution is -2.37. The molecule has 2 unspecified atom stereocenters. The lowest BCUT2D eigenvalue weighted by molar-refractivity contribution is 0.263. The van der Waals surface area contributed by atoms with Gasteiger partial charge in [0.2, 0.25) is 0 Å². The van der Waals surface area contributed by atoms with Crippen LogP contribution in [0.15, 0.2) is 12.3 Å². The Labute approximate surface area is 118 Å². The molecule has 2 atom stereocenters. The highest BCUT2D eigenvalue weighted by Gasteiger charge is 2.22. The fourth-order valence-electron chi connectivity index (χ4n) is 2.44. The monoisotopic (exact) mass is 265 g/mol. The molecule has 0 aliphatic heterocycles. The van der Waals surface area contributed by atoms with Crippen LogP contribution in [0, 0.1) is 5.41 Å². The maximum atomic E-state index is 4.66. The van der Waals surface area contributed by atoms with E-state index in [1.807, 2.05) is 0 Å². The van der Waals surface area contributed by atoms with Crippen LogP contribution in [0.25, 0.3) is 0 Å². The Hall–Kier alpha value is -0.830. The highest BCUT2D eigenvalue weighted by Crippen LogP contribution is 2.23. The maximum Gasteiger partial charge on any atom is 0.0624 e. The predicted octanol–water partition coefficient (Wildman–Crippen LogP) is 3.81. The molecule has 19 heavy (non-hydrogen) atoms. The molecule has 0 fully saturated rings. The van der Waals surface area contributed by atoms with E-state index in [1.165, 1.54) is 18.5 Å². The molecule has 1 rings (SSSR count). The molecule has 0 aliphatic rings. The summed E-state index contributed by atoms with van der Waals surface area (Å²) in [7, 11) is 2.06. The number of hydrogen-bond acceptors (Lipinski definition) is 2. The van der Waals surface area contributed by atoms with Gasteiger partial charge in [-0.25, -0.2) is 0 Å². The lowest BCUT2D eigenvalue weighted by atomic mass is 9.84. The van der Waals surface area contributed by atoms with Crippen molar-refractivity contribution in [3.05, 3.63) is 18.0 Å². The zero-order chi connectivity index (χ0) is 14.5. The molecule has 1 aromatic heterocycles. The molecule has 0 saturated carbocycles.